The number of carbonyl (C=O) groups is 1. The number of aromatic amines is 1. The Balaban J connectivity index is 1.54. The fourth-order valence-corrected chi connectivity index (χ4v) is 3.74. The minimum absolute atomic E-state index is 0.188. The van der Waals surface area contributed by atoms with Crippen LogP contribution in [-0.4, -0.2) is 40.0 Å². The van der Waals surface area contributed by atoms with Crippen molar-refractivity contribution in [2.24, 2.45) is 11.7 Å². The van der Waals surface area contributed by atoms with Crippen LogP contribution in [-0.2, 0) is 0 Å². The molecule has 1 saturated heterocycles. The van der Waals surface area contributed by atoms with Crippen LogP contribution in [0.5, 0.6) is 0 Å². The zero-order chi connectivity index (χ0) is 19.7. The summed E-state index contributed by atoms with van der Waals surface area (Å²) in [5.74, 6) is 0.693. The summed E-state index contributed by atoms with van der Waals surface area (Å²) in [5.41, 5.74) is 7.98. The molecule has 4 N–H and O–H groups in total. The number of nitrogens with zero attached hydrogens (tertiary/aromatic N) is 4. The van der Waals surface area contributed by atoms with Crippen molar-refractivity contribution in [3.63, 3.8) is 0 Å². The van der Waals surface area contributed by atoms with E-state index in [2.05, 4.69) is 38.2 Å². The van der Waals surface area contributed by atoms with E-state index in [1.165, 1.54) is 6.20 Å². The fraction of sp³-hybridized carbons (Fsp3) is 0.300. The molecule has 4 heterocycles. The summed E-state index contributed by atoms with van der Waals surface area (Å²) in [4.78, 5) is 25.8. The number of H-pyrrole nitrogens is 1. The molecule has 3 aromatic heterocycles. The second-order valence-corrected chi connectivity index (χ2v) is 7.13. The molecule has 0 saturated carbocycles. The van der Waals surface area contributed by atoms with E-state index < -0.39 is 5.91 Å². The third-order valence-electron chi connectivity index (χ3n) is 5.29. The van der Waals surface area contributed by atoms with Crippen LogP contribution in [0.3, 0.4) is 0 Å². The van der Waals surface area contributed by atoms with Crippen molar-refractivity contribution in [1.82, 2.24) is 15.0 Å². The molecule has 28 heavy (non-hydrogen) atoms. The largest absolute Gasteiger partial charge is 0.381 e. The Kier molecular flexibility index (Phi) is 4.57. The van der Waals surface area contributed by atoms with Crippen LogP contribution in [0.15, 0.2) is 36.8 Å². The Hall–Kier alpha value is -3.60. The second kappa shape index (κ2) is 7.19. The van der Waals surface area contributed by atoms with Crippen LogP contribution >= 0.6 is 0 Å². The van der Waals surface area contributed by atoms with Crippen molar-refractivity contribution in [2.75, 3.05) is 23.3 Å². The predicted molar refractivity (Wildman–Crippen MR) is 107 cm³/mol. The second-order valence-electron chi connectivity index (χ2n) is 7.13. The highest BCUT2D eigenvalue weighted by molar-refractivity contribution is 6.06. The molecule has 3 aromatic rings. The number of hydrogen-bond acceptors (Lipinski definition) is 6. The van der Waals surface area contributed by atoms with E-state index in [1.54, 1.807) is 18.5 Å². The van der Waals surface area contributed by atoms with Gasteiger partial charge in [-0.2, -0.15) is 5.26 Å². The van der Waals surface area contributed by atoms with Crippen LogP contribution in [0.2, 0.25) is 0 Å². The van der Waals surface area contributed by atoms with E-state index in [0.717, 1.165) is 42.0 Å². The average Bonchev–Trinajstić information content (AvgIpc) is 3.18. The van der Waals surface area contributed by atoms with Gasteiger partial charge in [0, 0.05) is 43.1 Å². The summed E-state index contributed by atoms with van der Waals surface area (Å²) < 4.78 is 0. The number of nitrogens with two attached hydrogens (primary N) is 1. The number of aromatic nitrogens is 3. The highest BCUT2D eigenvalue weighted by Crippen LogP contribution is 2.30. The highest BCUT2D eigenvalue weighted by atomic mass is 16.1. The van der Waals surface area contributed by atoms with Crippen molar-refractivity contribution < 1.29 is 4.79 Å². The summed E-state index contributed by atoms with van der Waals surface area (Å²) in [5, 5.41) is 13.3. The number of fused-ring (bicyclic) bond motifs is 1. The predicted octanol–water partition coefficient (Wildman–Crippen LogP) is 2.26. The first-order chi connectivity index (χ1) is 13.6. The first-order valence-electron chi connectivity index (χ1n) is 9.20. The lowest BCUT2D eigenvalue weighted by molar-refractivity contribution is 0.100. The van der Waals surface area contributed by atoms with Gasteiger partial charge < -0.3 is 20.9 Å². The molecule has 1 amide bonds. The van der Waals surface area contributed by atoms with E-state index in [0.29, 0.717) is 17.0 Å². The number of anilines is 2. The zero-order valence-corrected chi connectivity index (χ0v) is 15.5. The van der Waals surface area contributed by atoms with Crippen LogP contribution in [0.25, 0.3) is 11.0 Å². The SMILES string of the molecule is C[C@H]1CN(c2ccc(C#N)cn2)CC[C@H]1Nc1c(C(N)=O)cnc2[nH]ccc12. The van der Waals surface area contributed by atoms with Gasteiger partial charge in [-0.15, -0.1) is 0 Å². The topological polar surface area (TPSA) is 124 Å². The molecule has 0 spiro atoms. The van der Waals surface area contributed by atoms with E-state index in [9.17, 15) is 4.79 Å². The smallest absolute Gasteiger partial charge is 0.252 e. The molecule has 8 heteroatoms. The standard InChI is InChI=1S/C20H21N7O/c1-12-11-27(17-3-2-13(8-21)9-24-17)7-5-16(12)26-18-14-4-6-23-20(14)25-10-15(18)19(22)28/h2-4,6,9-10,12,16H,5,7,11H2,1H3,(H2,22,28)(H2,23,25,26)/t12-,16+/m0/s1. The third kappa shape index (κ3) is 3.22. The van der Waals surface area contributed by atoms with E-state index in [1.807, 2.05) is 12.1 Å². The molecule has 1 fully saturated rings. The Morgan fingerprint density at radius 1 is 1.36 bits per heavy atom. The number of primary amides is 1. The lowest BCUT2D eigenvalue weighted by atomic mass is 9.93. The fourth-order valence-electron chi connectivity index (χ4n) is 3.74. The van der Waals surface area contributed by atoms with Crippen molar-refractivity contribution in [3.05, 3.63) is 47.9 Å². The minimum Gasteiger partial charge on any atom is -0.381 e. The first kappa shape index (κ1) is 17.8. The van der Waals surface area contributed by atoms with Crippen molar-refractivity contribution in [2.45, 2.75) is 19.4 Å². The van der Waals surface area contributed by atoms with E-state index in [4.69, 9.17) is 11.0 Å². The van der Waals surface area contributed by atoms with Gasteiger partial charge in [0.1, 0.15) is 17.5 Å². The number of nitriles is 1. The van der Waals surface area contributed by atoms with Crippen molar-refractivity contribution in [3.8, 4) is 6.07 Å². The molecule has 0 unspecified atom stereocenters. The van der Waals surface area contributed by atoms with Crippen LogP contribution < -0.4 is 16.0 Å². The highest BCUT2D eigenvalue weighted by Gasteiger charge is 2.28. The summed E-state index contributed by atoms with van der Waals surface area (Å²) in [6.45, 7) is 3.82. The van der Waals surface area contributed by atoms with Gasteiger partial charge in [-0.1, -0.05) is 6.92 Å². The number of amides is 1. The number of rotatable bonds is 4. The number of piperidine rings is 1. The number of pyridine rings is 2. The normalized spacial score (nSPS) is 19.4. The molecule has 0 radical (unpaired) electrons. The van der Waals surface area contributed by atoms with Gasteiger partial charge in [0.2, 0.25) is 0 Å². The quantitative estimate of drug-likeness (QED) is 0.642. The molecule has 0 bridgehead atoms. The van der Waals surface area contributed by atoms with E-state index >= 15 is 0 Å². The Labute approximate surface area is 162 Å². The lowest BCUT2D eigenvalue weighted by Gasteiger charge is -2.38. The van der Waals surface area contributed by atoms with Gasteiger partial charge in [-0.05, 0) is 30.5 Å². The van der Waals surface area contributed by atoms with Crippen molar-refractivity contribution >= 4 is 28.4 Å². The van der Waals surface area contributed by atoms with Gasteiger partial charge in [0.15, 0.2) is 0 Å². The van der Waals surface area contributed by atoms with Crippen LogP contribution in [0.4, 0.5) is 11.5 Å². The summed E-state index contributed by atoms with van der Waals surface area (Å²) in [7, 11) is 0. The monoisotopic (exact) mass is 375 g/mol. The molecule has 0 aromatic carbocycles. The van der Waals surface area contributed by atoms with Crippen LogP contribution in [0, 0.1) is 17.2 Å². The maximum atomic E-state index is 11.9. The van der Waals surface area contributed by atoms with Crippen LogP contribution in [0.1, 0.15) is 29.3 Å². The van der Waals surface area contributed by atoms with Gasteiger partial charge >= 0.3 is 0 Å². The van der Waals surface area contributed by atoms with Gasteiger partial charge in [0.05, 0.1) is 16.8 Å². The molecule has 1 aliphatic heterocycles. The van der Waals surface area contributed by atoms with Crippen molar-refractivity contribution in [1.29, 1.82) is 5.26 Å². The molecule has 142 valence electrons. The maximum absolute atomic E-state index is 11.9. The Morgan fingerprint density at radius 3 is 2.89 bits per heavy atom. The summed E-state index contributed by atoms with van der Waals surface area (Å²) >= 11 is 0. The molecular formula is C20H21N7O. The summed E-state index contributed by atoms with van der Waals surface area (Å²) in [6.07, 6.45) is 5.80. The number of nitrogens with one attached hydrogen (secondary N) is 2. The lowest BCUT2D eigenvalue weighted by Crippen LogP contribution is -2.45. The minimum atomic E-state index is -0.495. The summed E-state index contributed by atoms with van der Waals surface area (Å²) in [6, 6.07) is 7.85. The van der Waals surface area contributed by atoms with Gasteiger partial charge in [-0.3, -0.25) is 4.79 Å². The molecule has 1 aliphatic rings. The molecular weight excluding hydrogens is 354 g/mol. The van der Waals surface area contributed by atoms with Gasteiger partial charge in [-0.25, -0.2) is 9.97 Å². The Bertz CT molecular complexity index is 1050. The zero-order valence-electron chi connectivity index (χ0n) is 15.5. The molecule has 8 nitrogen and oxygen atoms in total. The first-order valence-corrected chi connectivity index (χ1v) is 9.20. The maximum Gasteiger partial charge on any atom is 0.252 e. The molecule has 2 atom stereocenters. The molecule has 0 aliphatic carbocycles. The van der Waals surface area contributed by atoms with E-state index in [-0.39, 0.29) is 6.04 Å². The number of hydrogen-bond donors (Lipinski definition) is 3. The number of carbonyl (C=O) groups excluding carboxylic acids is 1. The Morgan fingerprint density at radius 2 is 2.21 bits per heavy atom. The average molecular weight is 375 g/mol. The third-order valence-corrected chi connectivity index (χ3v) is 5.29. The molecule has 4 rings (SSSR count). The van der Waals surface area contributed by atoms with Gasteiger partial charge in [0.25, 0.3) is 5.91 Å².